The number of methoxy groups -OCH3 is 2. The van der Waals surface area contributed by atoms with Crippen molar-refractivity contribution in [3.05, 3.63) is 93.0 Å². The summed E-state index contributed by atoms with van der Waals surface area (Å²) >= 11 is 0. The highest BCUT2D eigenvalue weighted by Crippen LogP contribution is 2.41. The number of fused-ring (bicyclic) bond motifs is 1. The maximum absolute atomic E-state index is 11.8. The molecule has 0 bridgehead atoms. The first-order valence-corrected chi connectivity index (χ1v) is 10.0. The minimum absolute atomic E-state index is 0.00703. The van der Waals surface area contributed by atoms with Crippen LogP contribution in [0.5, 0.6) is 17.2 Å². The van der Waals surface area contributed by atoms with Crippen LogP contribution < -0.4 is 19.5 Å². The molecule has 0 saturated heterocycles. The van der Waals surface area contributed by atoms with E-state index >= 15 is 0 Å². The molecule has 1 heterocycles. The van der Waals surface area contributed by atoms with Gasteiger partial charge < -0.3 is 19.5 Å². The summed E-state index contributed by atoms with van der Waals surface area (Å²) in [7, 11) is 2.98. The van der Waals surface area contributed by atoms with Gasteiger partial charge in [-0.2, -0.15) is 0 Å². The number of benzene rings is 3. The molecule has 3 aromatic rings. The van der Waals surface area contributed by atoms with Gasteiger partial charge in [-0.25, -0.2) is 0 Å². The molecular weight excluding hydrogens is 396 g/mol. The predicted octanol–water partition coefficient (Wildman–Crippen LogP) is 4.43. The van der Waals surface area contributed by atoms with Crippen molar-refractivity contribution in [2.75, 3.05) is 20.8 Å². The number of rotatable bonds is 7. The molecule has 0 aliphatic carbocycles. The summed E-state index contributed by atoms with van der Waals surface area (Å²) in [5.41, 5.74) is 3.74. The van der Waals surface area contributed by atoms with Gasteiger partial charge in [0.15, 0.2) is 11.5 Å². The molecule has 0 saturated carbocycles. The number of nitrogens with one attached hydrogen (secondary N) is 1. The zero-order valence-corrected chi connectivity index (χ0v) is 17.5. The van der Waals surface area contributed by atoms with Crippen LogP contribution in [0.15, 0.2) is 60.7 Å². The molecule has 0 aromatic heterocycles. The van der Waals surface area contributed by atoms with Gasteiger partial charge in [-0.05, 0) is 41.3 Å². The van der Waals surface area contributed by atoms with E-state index in [1.807, 2.05) is 48.5 Å². The van der Waals surface area contributed by atoms with Crippen LogP contribution in [-0.4, -0.2) is 25.7 Å². The Morgan fingerprint density at radius 1 is 1.00 bits per heavy atom. The summed E-state index contributed by atoms with van der Waals surface area (Å²) in [5, 5.41) is 15.2. The van der Waals surface area contributed by atoms with Gasteiger partial charge in [-0.1, -0.05) is 36.4 Å². The van der Waals surface area contributed by atoms with Crippen LogP contribution in [0.25, 0.3) is 0 Å². The molecule has 7 heteroatoms. The fourth-order valence-electron chi connectivity index (χ4n) is 3.92. The van der Waals surface area contributed by atoms with E-state index in [1.165, 1.54) is 20.3 Å². The molecule has 1 aliphatic rings. The first-order valence-electron chi connectivity index (χ1n) is 10.0. The molecule has 1 unspecified atom stereocenters. The van der Waals surface area contributed by atoms with E-state index in [0.717, 1.165) is 28.9 Å². The first kappa shape index (κ1) is 20.7. The molecule has 0 amide bonds. The van der Waals surface area contributed by atoms with E-state index in [2.05, 4.69) is 5.32 Å². The first-order chi connectivity index (χ1) is 15.1. The molecule has 1 atom stereocenters. The van der Waals surface area contributed by atoms with Crippen LogP contribution >= 0.6 is 0 Å². The standard InChI is InChI=1S/C24H24N2O5/c1-29-22-13-20(21(26(27)28)14-23(22)30-2)24-19-9-8-18(12-17(19)10-11-25-24)31-15-16-6-4-3-5-7-16/h3-9,12-14,24-25H,10-11,15H2,1-2H3. The van der Waals surface area contributed by atoms with Crippen molar-refractivity contribution in [3.8, 4) is 17.2 Å². The summed E-state index contributed by atoms with van der Waals surface area (Å²) in [4.78, 5) is 11.4. The highest BCUT2D eigenvalue weighted by molar-refractivity contribution is 5.58. The normalized spacial score (nSPS) is 15.1. The third-order valence-electron chi connectivity index (χ3n) is 5.46. The van der Waals surface area contributed by atoms with E-state index in [4.69, 9.17) is 14.2 Å². The topological polar surface area (TPSA) is 82.9 Å². The maximum atomic E-state index is 11.8. The Labute approximate surface area is 180 Å². The van der Waals surface area contributed by atoms with Crippen molar-refractivity contribution in [2.24, 2.45) is 0 Å². The second kappa shape index (κ2) is 9.06. The molecular formula is C24H24N2O5. The summed E-state index contributed by atoms with van der Waals surface area (Å²) < 4.78 is 16.6. The molecule has 3 aromatic carbocycles. The number of nitro groups is 1. The minimum atomic E-state index is -0.384. The molecule has 7 nitrogen and oxygen atoms in total. The van der Waals surface area contributed by atoms with Crippen LogP contribution in [0.2, 0.25) is 0 Å². The SMILES string of the molecule is COc1cc(C2NCCc3cc(OCc4ccccc4)ccc32)c([N+](=O)[O-])cc1OC. The number of nitro benzene ring substituents is 1. The van der Waals surface area contributed by atoms with Gasteiger partial charge in [0, 0.05) is 6.54 Å². The molecule has 0 radical (unpaired) electrons. The fraction of sp³-hybridized carbons (Fsp3) is 0.250. The molecule has 1 N–H and O–H groups in total. The van der Waals surface area contributed by atoms with Crippen molar-refractivity contribution in [3.63, 3.8) is 0 Å². The quantitative estimate of drug-likeness (QED) is 0.450. The molecule has 31 heavy (non-hydrogen) atoms. The molecule has 160 valence electrons. The van der Waals surface area contributed by atoms with Crippen LogP contribution in [0.4, 0.5) is 5.69 Å². The highest BCUT2D eigenvalue weighted by Gasteiger charge is 2.30. The van der Waals surface area contributed by atoms with Crippen LogP contribution in [0.3, 0.4) is 0 Å². The lowest BCUT2D eigenvalue weighted by Crippen LogP contribution is -2.31. The van der Waals surface area contributed by atoms with Crippen LogP contribution in [-0.2, 0) is 13.0 Å². The Balaban J connectivity index is 1.66. The Morgan fingerprint density at radius 3 is 2.45 bits per heavy atom. The zero-order valence-electron chi connectivity index (χ0n) is 17.5. The van der Waals surface area contributed by atoms with Gasteiger partial charge in [0.05, 0.1) is 36.8 Å². The zero-order chi connectivity index (χ0) is 21.8. The van der Waals surface area contributed by atoms with Crippen molar-refractivity contribution in [1.29, 1.82) is 0 Å². The molecule has 4 rings (SSSR count). The second-order valence-corrected chi connectivity index (χ2v) is 7.30. The summed E-state index contributed by atoms with van der Waals surface area (Å²) in [6.45, 7) is 1.19. The highest BCUT2D eigenvalue weighted by atomic mass is 16.6. The van der Waals surface area contributed by atoms with Gasteiger partial charge in [0.25, 0.3) is 5.69 Å². The average molecular weight is 420 g/mol. The van der Waals surface area contributed by atoms with Gasteiger partial charge >= 0.3 is 0 Å². The Hall–Kier alpha value is -3.58. The third kappa shape index (κ3) is 4.32. The molecule has 0 fully saturated rings. The van der Waals surface area contributed by atoms with Crippen molar-refractivity contribution < 1.29 is 19.1 Å². The van der Waals surface area contributed by atoms with Crippen molar-refractivity contribution in [2.45, 2.75) is 19.1 Å². The molecule has 1 aliphatic heterocycles. The lowest BCUT2D eigenvalue weighted by molar-refractivity contribution is -0.385. The van der Waals surface area contributed by atoms with E-state index in [1.54, 1.807) is 6.07 Å². The number of hydrogen-bond donors (Lipinski definition) is 1. The van der Waals surface area contributed by atoms with E-state index < -0.39 is 0 Å². The summed E-state index contributed by atoms with van der Waals surface area (Å²) in [6.07, 6.45) is 0.815. The molecule has 0 spiro atoms. The van der Waals surface area contributed by atoms with Crippen molar-refractivity contribution in [1.82, 2.24) is 5.32 Å². The monoisotopic (exact) mass is 420 g/mol. The summed E-state index contributed by atoms with van der Waals surface area (Å²) in [6, 6.07) is 18.7. The second-order valence-electron chi connectivity index (χ2n) is 7.30. The summed E-state index contributed by atoms with van der Waals surface area (Å²) in [5.74, 6) is 1.57. The lowest BCUT2D eigenvalue weighted by Gasteiger charge is -2.28. The Bertz CT molecular complexity index is 1080. The number of nitrogens with zero attached hydrogens (tertiary/aromatic N) is 1. The van der Waals surface area contributed by atoms with Gasteiger partial charge in [0.1, 0.15) is 12.4 Å². The Morgan fingerprint density at radius 2 is 1.74 bits per heavy atom. The van der Waals surface area contributed by atoms with Gasteiger partial charge in [-0.3, -0.25) is 10.1 Å². The van der Waals surface area contributed by atoms with E-state index in [9.17, 15) is 10.1 Å². The van der Waals surface area contributed by atoms with Gasteiger partial charge in [0.2, 0.25) is 0 Å². The predicted molar refractivity (Wildman–Crippen MR) is 117 cm³/mol. The smallest absolute Gasteiger partial charge is 0.278 e. The maximum Gasteiger partial charge on any atom is 0.278 e. The third-order valence-corrected chi connectivity index (χ3v) is 5.46. The number of ether oxygens (including phenoxy) is 3. The van der Waals surface area contributed by atoms with Crippen molar-refractivity contribution >= 4 is 5.69 Å². The lowest BCUT2D eigenvalue weighted by atomic mass is 9.88. The average Bonchev–Trinajstić information content (AvgIpc) is 2.81. The van der Waals surface area contributed by atoms with Crippen LogP contribution in [0, 0.1) is 10.1 Å². The van der Waals surface area contributed by atoms with Crippen LogP contribution in [0.1, 0.15) is 28.3 Å². The number of hydrogen-bond acceptors (Lipinski definition) is 6. The fourth-order valence-corrected chi connectivity index (χ4v) is 3.92. The minimum Gasteiger partial charge on any atom is -0.493 e. The van der Waals surface area contributed by atoms with Gasteiger partial charge in [-0.15, -0.1) is 0 Å². The Kier molecular flexibility index (Phi) is 6.04. The van der Waals surface area contributed by atoms with E-state index in [-0.39, 0.29) is 16.7 Å². The largest absolute Gasteiger partial charge is 0.493 e. The van der Waals surface area contributed by atoms with E-state index in [0.29, 0.717) is 30.2 Å².